The van der Waals surface area contributed by atoms with E-state index in [1.807, 2.05) is 0 Å². The second-order valence-electron chi connectivity index (χ2n) is 4.35. The van der Waals surface area contributed by atoms with Gasteiger partial charge in [0.05, 0.1) is 5.02 Å². The Labute approximate surface area is 111 Å². The van der Waals surface area contributed by atoms with Crippen LogP contribution in [0.25, 0.3) is 0 Å². The fraction of sp³-hybridized carbons (Fsp3) is 0.357. The maximum Gasteiger partial charge on any atom is 0.187 e. The van der Waals surface area contributed by atoms with Gasteiger partial charge in [-0.15, -0.1) is 0 Å². The molecule has 0 aliphatic heterocycles. The predicted molar refractivity (Wildman–Crippen MR) is 72.0 cm³/mol. The zero-order chi connectivity index (χ0) is 12.3. The Hall–Kier alpha value is -0.790. The Morgan fingerprint density at radius 3 is 2.53 bits per heavy atom. The Morgan fingerprint density at radius 1 is 1.12 bits per heavy atom. The quantitative estimate of drug-likeness (QED) is 0.541. The lowest BCUT2D eigenvalue weighted by Crippen LogP contribution is -2.01. The van der Waals surface area contributed by atoms with Crippen molar-refractivity contribution in [2.24, 2.45) is 0 Å². The molecular weight excluding hydrogens is 255 g/mol. The van der Waals surface area contributed by atoms with E-state index < -0.39 is 0 Å². The molecule has 1 aromatic carbocycles. The molecule has 0 amide bonds. The average molecular weight is 269 g/mol. The molecule has 0 atom stereocenters. The minimum absolute atomic E-state index is 0.0330. The summed E-state index contributed by atoms with van der Waals surface area (Å²) in [6.45, 7) is 0. The molecule has 90 valence electrons. The van der Waals surface area contributed by atoms with E-state index in [1.54, 1.807) is 24.3 Å². The SMILES string of the molecule is O=C(C=C1CCCCC1)c1cc(Cl)ccc1Cl. The van der Waals surface area contributed by atoms with E-state index in [0.29, 0.717) is 15.6 Å². The van der Waals surface area contributed by atoms with Crippen molar-refractivity contribution < 1.29 is 4.79 Å². The summed E-state index contributed by atoms with van der Waals surface area (Å²) in [6.07, 6.45) is 7.43. The number of benzene rings is 1. The third-order valence-corrected chi connectivity index (χ3v) is 3.59. The van der Waals surface area contributed by atoms with Crippen LogP contribution in [0.15, 0.2) is 29.8 Å². The number of carbonyl (C=O) groups excluding carboxylic acids is 1. The van der Waals surface area contributed by atoms with E-state index >= 15 is 0 Å². The normalized spacial score (nSPS) is 15.8. The van der Waals surface area contributed by atoms with Crippen LogP contribution in [0.5, 0.6) is 0 Å². The Bertz CT molecular complexity index is 455. The zero-order valence-corrected chi connectivity index (χ0v) is 11.0. The number of halogens is 2. The smallest absolute Gasteiger partial charge is 0.187 e. The molecule has 1 nitrogen and oxygen atoms in total. The molecule has 0 N–H and O–H groups in total. The van der Waals surface area contributed by atoms with Crippen LogP contribution >= 0.6 is 23.2 Å². The summed E-state index contributed by atoms with van der Waals surface area (Å²) in [5.41, 5.74) is 1.73. The summed E-state index contributed by atoms with van der Waals surface area (Å²) < 4.78 is 0. The van der Waals surface area contributed by atoms with Crippen LogP contribution in [0.3, 0.4) is 0 Å². The molecule has 1 aliphatic carbocycles. The highest BCUT2D eigenvalue weighted by molar-refractivity contribution is 6.36. The summed E-state index contributed by atoms with van der Waals surface area (Å²) in [7, 11) is 0. The van der Waals surface area contributed by atoms with Crippen LogP contribution in [0, 0.1) is 0 Å². The van der Waals surface area contributed by atoms with Gasteiger partial charge in [-0.05, 0) is 50.0 Å². The van der Waals surface area contributed by atoms with Crippen LogP contribution in [-0.2, 0) is 0 Å². The van der Waals surface area contributed by atoms with Crippen LogP contribution in [-0.4, -0.2) is 5.78 Å². The van der Waals surface area contributed by atoms with Crippen molar-refractivity contribution in [3.05, 3.63) is 45.5 Å². The Kier molecular flexibility index (Phi) is 4.25. The van der Waals surface area contributed by atoms with Gasteiger partial charge in [-0.3, -0.25) is 4.79 Å². The minimum Gasteiger partial charge on any atom is -0.289 e. The van der Waals surface area contributed by atoms with Gasteiger partial charge in [-0.1, -0.05) is 35.2 Å². The second kappa shape index (κ2) is 5.70. The highest BCUT2D eigenvalue weighted by Crippen LogP contribution is 2.25. The van der Waals surface area contributed by atoms with Gasteiger partial charge >= 0.3 is 0 Å². The number of ketones is 1. The molecule has 0 saturated heterocycles. The lowest BCUT2D eigenvalue weighted by Gasteiger charge is -2.13. The fourth-order valence-corrected chi connectivity index (χ4v) is 2.48. The molecular formula is C14H14Cl2O. The molecule has 17 heavy (non-hydrogen) atoms. The van der Waals surface area contributed by atoms with Gasteiger partial charge in [0.25, 0.3) is 0 Å². The molecule has 1 saturated carbocycles. The first-order valence-corrected chi connectivity index (χ1v) is 6.61. The summed E-state index contributed by atoms with van der Waals surface area (Å²) in [5.74, 6) is -0.0330. The first kappa shape index (κ1) is 12.7. The molecule has 2 rings (SSSR count). The number of hydrogen-bond acceptors (Lipinski definition) is 1. The molecule has 0 bridgehead atoms. The number of carbonyl (C=O) groups is 1. The predicted octanol–water partition coefficient (Wildman–Crippen LogP) is 5.07. The standard InChI is InChI=1S/C14H14Cl2O/c15-11-6-7-13(16)12(9-11)14(17)8-10-4-2-1-3-5-10/h6-9H,1-5H2. The second-order valence-corrected chi connectivity index (χ2v) is 5.20. The van der Waals surface area contributed by atoms with E-state index in [4.69, 9.17) is 23.2 Å². The van der Waals surface area contributed by atoms with E-state index in [1.165, 1.54) is 24.8 Å². The number of allylic oxidation sites excluding steroid dienone is 2. The fourth-order valence-electron chi connectivity index (χ4n) is 2.10. The Balaban J connectivity index is 2.21. The van der Waals surface area contributed by atoms with Crippen molar-refractivity contribution in [2.45, 2.75) is 32.1 Å². The van der Waals surface area contributed by atoms with E-state index in [2.05, 4.69) is 0 Å². The van der Waals surface area contributed by atoms with Gasteiger partial charge in [0.1, 0.15) is 0 Å². The molecule has 3 heteroatoms. The molecule has 0 heterocycles. The zero-order valence-electron chi connectivity index (χ0n) is 9.51. The van der Waals surface area contributed by atoms with Gasteiger partial charge in [0.15, 0.2) is 5.78 Å². The van der Waals surface area contributed by atoms with Crippen molar-refractivity contribution in [2.75, 3.05) is 0 Å². The van der Waals surface area contributed by atoms with Crippen molar-refractivity contribution in [1.82, 2.24) is 0 Å². The van der Waals surface area contributed by atoms with Crippen molar-refractivity contribution in [3.8, 4) is 0 Å². The summed E-state index contributed by atoms with van der Waals surface area (Å²) in [6, 6.07) is 4.98. The number of hydrogen-bond donors (Lipinski definition) is 0. The van der Waals surface area contributed by atoms with Gasteiger partial charge in [0, 0.05) is 10.6 Å². The topological polar surface area (TPSA) is 17.1 Å². The monoisotopic (exact) mass is 268 g/mol. The maximum atomic E-state index is 12.1. The maximum absolute atomic E-state index is 12.1. The van der Waals surface area contributed by atoms with Gasteiger partial charge in [-0.2, -0.15) is 0 Å². The first-order valence-electron chi connectivity index (χ1n) is 5.85. The van der Waals surface area contributed by atoms with Crippen LogP contribution < -0.4 is 0 Å². The lowest BCUT2D eigenvalue weighted by atomic mass is 9.93. The van der Waals surface area contributed by atoms with E-state index in [-0.39, 0.29) is 5.78 Å². The largest absolute Gasteiger partial charge is 0.289 e. The molecule has 0 unspecified atom stereocenters. The molecule has 0 aromatic heterocycles. The highest BCUT2D eigenvalue weighted by atomic mass is 35.5. The summed E-state index contributed by atoms with van der Waals surface area (Å²) in [4.78, 5) is 12.1. The van der Waals surface area contributed by atoms with E-state index in [0.717, 1.165) is 12.8 Å². The molecule has 0 spiro atoms. The van der Waals surface area contributed by atoms with Crippen LogP contribution in [0.4, 0.5) is 0 Å². The molecule has 1 aromatic rings. The molecule has 1 fully saturated rings. The van der Waals surface area contributed by atoms with Gasteiger partial charge < -0.3 is 0 Å². The minimum atomic E-state index is -0.0330. The van der Waals surface area contributed by atoms with Crippen molar-refractivity contribution in [3.63, 3.8) is 0 Å². The lowest BCUT2D eigenvalue weighted by molar-refractivity contribution is 0.104. The average Bonchev–Trinajstić information content (AvgIpc) is 2.33. The summed E-state index contributed by atoms with van der Waals surface area (Å²) in [5, 5.41) is 1.01. The van der Waals surface area contributed by atoms with Gasteiger partial charge in [0.2, 0.25) is 0 Å². The van der Waals surface area contributed by atoms with Crippen molar-refractivity contribution >= 4 is 29.0 Å². The van der Waals surface area contributed by atoms with Crippen molar-refractivity contribution in [1.29, 1.82) is 0 Å². The summed E-state index contributed by atoms with van der Waals surface area (Å²) >= 11 is 11.9. The number of rotatable bonds is 2. The van der Waals surface area contributed by atoms with Crippen LogP contribution in [0.2, 0.25) is 10.0 Å². The third-order valence-electron chi connectivity index (χ3n) is 3.02. The third kappa shape index (κ3) is 3.34. The van der Waals surface area contributed by atoms with E-state index in [9.17, 15) is 4.79 Å². The van der Waals surface area contributed by atoms with Gasteiger partial charge in [-0.25, -0.2) is 0 Å². The molecule has 1 aliphatic rings. The van der Waals surface area contributed by atoms with Crippen LogP contribution in [0.1, 0.15) is 42.5 Å². The molecule has 0 radical (unpaired) electrons. The first-order chi connectivity index (χ1) is 8.16. The highest BCUT2D eigenvalue weighted by Gasteiger charge is 2.12. The Morgan fingerprint density at radius 2 is 1.82 bits per heavy atom.